The highest BCUT2D eigenvalue weighted by molar-refractivity contribution is 5.40. The van der Waals surface area contributed by atoms with E-state index in [0.29, 0.717) is 5.69 Å². The number of aryl methyl sites for hydroxylation is 1. The Balaban J connectivity index is 2.31. The third-order valence-electron chi connectivity index (χ3n) is 3.81. The highest BCUT2D eigenvalue weighted by atomic mass is 16.3. The van der Waals surface area contributed by atoms with Crippen molar-refractivity contribution < 1.29 is 5.11 Å². The molecule has 2 rings (SSSR count). The van der Waals surface area contributed by atoms with Crippen LogP contribution in [0.1, 0.15) is 57.2 Å². The monoisotopic (exact) mass is 253 g/mol. The Morgan fingerprint density at radius 1 is 1.39 bits per heavy atom. The van der Waals surface area contributed by atoms with Crippen LogP contribution in [-0.4, -0.2) is 21.0 Å². The lowest BCUT2D eigenvalue weighted by Gasteiger charge is -2.20. The first-order valence-electron chi connectivity index (χ1n) is 6.92. The molecular formula is C13H23N3O2. The van der Waals surface area contributed by atoms with Gasteiger partial charge in [-0.3, -0.25) is 9.89 Å². The minimum atomic E-state index is -0.447. The van der Waals surface area contributed by atoms with Gasteiger partial charge in [0.05, 0.1) is 17.8 Å². The first-order chi connectivity index (χ1) is 8.65. The number of H-pyrrole nitrogens is 1. The summed E-state index contributed by atoms with van der Waals surface area (Å²) in [5.74, 6) is 0. The number of aliphatic hydroxyl groups is 1. The van der Waals surface area contributed by atoms with Gasteiger partial charge in [-0.2, -0.15) is 0 Å². The molecule has 0 saturated heterocycles. The van der Waals surface area contributed by atoms with Crippen LogP contribution in [0.5, 0.6) is 0 Å². The molecule has 0 aromatic carbocycles. The molecule has 2 atom stereocenters. The van der Waals surface area contributed by atoms with Gasteiger partial charge in [0, 0.05) is 0 Å². The maximum atomic E-state index is 12.1. The van der Waals surface area contributed by atoms with Crippen molar-refractivity contribution >= 4 is 5.69 Å². The van der Waals surface area contributed by atoms with E-state index in [4.69, 9.17) is 5.73 Å². The largest absolute Gasteiger partial charge is 0.393 e. The highest BCUT2D eigenvalue weighted by Crippen LogP contribution is 2.26. The molecule has 18 heavy (non-hydrogen) atoms. The predicted molar refractivity (Wildman–Crippen MR) is 71.6 cm³/mol. The minimum Gasteiger partial charge on any atom is -0.393 e. The smallest absolute Gasteiger partial charge is 0.290 e. The molecule has 0 spiro atoms. The van der Waals surface area contributed by atoms with E-state index in [1.807, 2.05) is 0 Å². The van der Waals surface area contributed by atoms with E-state index in [0.717, 1.165) is 50.6 Å². The second-order valence-electron chi connectivity index (χ2n) is 5.20. The fourth-order valence-electron chi connectivity index (χ4n) is 2.76. The lowest BCUT2D eigenvalue weighted by Crippen LogP contribution is -2.31. The SMILES string of the molecule is CCCc1[nH]n(C2CCCCCC2O)c(=O)c1N. The van der Waals surface area contributed by atoms with E-state index >= 15 is 0 Å². The third kappa shape index (κ3) is 2.46. The Morgan fingerprint density at radius 2 is 2.11 bits per heavy atom. The molecule has 102 valence electrons. The zero-order chi connectivity index (χ0) is 13.1. The summed E-state index contributed by atoms with van der Waals surface area (Å²) in [7, 11) is 0. The van der Waals surface area contributed by atoms with Crippen molar-refractivity contribution in [3.05, 3.63) is 16.0 Å². The van der Waals surface area contributed by atoms with Gasteiger partial charge < -0.3 is 10.8 Å². The molecule has 1 heterocycles. The number of aromatic amines is 1. The number of rotatable bonds is 3. The van der Waals surface area contributed by atoms with Crippen LogP contribution in [0.15, 0.2) is 4.79 Å². The zero-order valence-electron chi connectivity index (χ0n) is 11.0. The van der Waals surface area contributed by atoms with Crippen LogP contribution in [0.4, 0.5) is 5.69 Å². The van der Waals surface area contributed by atoms with Crippen molar-refractivity contribution in [2.24, 2.45) is 0 Å². The van der Waals surface area contributed by atoms with Crippen LogP contribution >= 0.6 is 0 Å². The first-order valence-corrected chi connectivity index (χ1v) is 6.92. The van der Waals surface area contributed by atoms with Crippen molar-refractivity contribution in [1.29, 1.82) is 0 Å². The van der Waals surface area contributed by atoms with Crippen molar-refractivity contribution in [2.75, 3.05) is 5.73 Å². The Morgan fingerprint density at radius 3 is 2.83 bits per heavy atom. The Bertz CT molecular complexity index is 450. The molecule has 2 unspecified atom stereocenters. The fraction of sp³-hybridized carbons (Fsp3) is 0.769. The number of aromatic nitrogens is 2. The van der Waals surface area contributed by atoms with Gasteiger partial charge in [0.1, 0.15) is 5.69 Å². The normalized spacial score (nSPS) is 25.0. The van der Waals surface area contributed by atoms with Crippen LogP contribution in [0, 0.1) is 0 Å². The molecule has 1 saturated carbocycles. The van der Waals surface area contributed by atoms with Gasteiger partial charge in [0.2, 0.25) is 0 Å². The van der Waals surface area contributed by atoms with E-state index in [9.17, 15) is 9.90 Å². The number of nitrogens with zero attached hydrogens (tertiary/aromatic N) is 1. The molecular weight excluding hydrogens is 230 g/mol. The van der Waals surface area contributed by atoms with E-state index in [1.54, 1.807) is 4.68 Å². The number of aliphatic hydroxyl groups excluding tert-OH is 1. The Labute approximate surface area is 107 Å². The van der Waals surface area contributed by atoms with E-state index < -0.39 is 6.10 Å². The second kappa shape index (κ2) is 5.61. The summed E-state index contributed by atoms with van der Waals surface area (Å²) in [6.07, 6.45) is 6.08. The molecule has 4 N–H and O–H groups in total. The summed E-state index contributed by atoms with van der Waals surface area (Å²) < 4.78 is 1.55. The average Bonchev–Trinajstić information content (AvgIpc) is 2.55. The summed E-state index contributed by atoms with van der Waals surface area (Å²) in [6, 6.07) is -0.145. The lowest BCUT2D eigenvalue weighted by molar-refractivity contribution is 0.0972. The summed E-state index contributed by atoms with van der Waals surface area (Å²) >= 11 is 0. The number of hydrogen-bond donors (Lipinski definition) is 3. The summed E-state index contributed by atoms with van der Waals surface area (Å²) in [5.41, 5.74) is 6.78. The highest BCUT2D eigenvalue weighted by Gasteiger charge is 2.26. The van der Waals surface area contributed by atoms with Crippen molar-refractivity contribution in [3.63, 3.8) is 0 Å². The van der Waals surface area contributed by atoms with Gasteiger partial charge in [-0.15, -0.1) is 0 Å². The zero-order valence-corrected chi connectivity index (χ0v) is 11.0. The van der Waals surface area contributed by atoms with Crippen LogP contribution < -0.4 is 11.3 Å². The number of hydrogen-bond acceptors (Lipinski definition) is 3. The van der Waals surface area contributed by atoms with Gasteiger partial charge in [-0.1, -0.05) is 32.6 Å². The van der Waals surface area contributed by atoms with Crippen molar-refractivity contribution in [2.45, 2.75) is 64.0 Å². The maximum Gasteiger partial charge on any atom is 0.290 e. The molecule has 0 amide bonds. The average molecular weight is 253 g/mol. The third-order valence-corrected chi connectivity index (χ3v) is 3.81. The van der Waals surface area contributed by atoms with E-state index in [2.05, 4.69) is 12.0 Å². The topological polar surface area (TPSA) is 84.0 Å². The van der Waals surface area contributed by atoms with Gasteiger partial charge in [-0.25, -0.2) is 4.68 Å². The quantitative estimate of drug-likeness (QED) is 0.715. The molecule has 1 aliphatic rings. The molecule has 1 aromatic rings. The number of nitrogens with two attached hydrogens (primary N) is 1. The molecule has 0 bridgehead atoms. The van der Waals surface area contributed by atoms with Crippen molar-refractivity contribution in [1.82, 2.24) is 9.78 Å². The van der Waals surface area contributed by atoms with E-state index in [-0.39, 0.29) is 11.6 Å². The summed E-state index contributed by atoms with van der Waals surface area (Å²) in [5, 5.41) is 13.2. The number of nitrogen functional groups attached to an aromatic ring is 1. The number of nitrogens with one attached hydrogen (secondary N) is 1. The second-order valence-corrected chi connectivity index (χ2v) is 5.20. The van der Waals surface area contributed by atoms with Crippen LogP contribution in [-0.2, 0) is 6.42 Å². The van der Waals surface area contributed by atoms with Crippen LogP contribution in [0.3, 0.4) is 0 Å². The van der Waals surface area contributed by atoms with Gasteiger partial charge in [0.25, 0.3) is 5.56 Å². The lowest BCUT2D eigenvalue weighted by atomic mass is 10.1. The standard InChI is InChI=1S/C13H23N3O2/c1-2-6-9-12(14)13(18)16(15-9)10-7-4-3-5-8-11(10)17/h10-11,15,17H,2-8,14H2,1H3. The molecule has 0 aliphatic heterocycles. The van der Waals surface area contributed by atoms with Gasteiger partial charge in [0.15, 0.2) is 0 Å². The predicted octanol–water partition coefficient (Wildman–Crippen LogP) is 1.58. The number of anilines is 1. The molecule has 1 fully saturated rings. The Hall–Kier alpha value is -1.23. The van der Waals surface area contributed by atoms with E-state index in [1.165, 1.54) is 0 Å². The first kappa shape index (κ1) is 13.2. The molecule has 1 aliphatic carbocycles. The van der Waals surface area contributed by atoms with Crippen LogP contribution in [0.2, 0.25) is 0 Å². The Kier molecular flexibility index (Phi) is 4.11. The molecule has 0 radical (unpaired) electrons. The van der Waals surface area contributed by atoms with Gasteiger partial charge in [-0.05, 0) is 19.3 Å². The van der Waals surface area contributed by atoms with Gasteiger partial charge >= 0.3 is 0 Å². The summed E-state index contributed by atoms with van der Waals surface area (Å²) in [4.78, 5) is 12.1. The van der Waals surface area contributed by atoms with Crippen LogP contribution in [0.25, 0.3) is 0 Å². The molecule has 5 heteroatoms. The molecule has 5 nitrogen and oxygen atoms in total. The van der Waals surface area contributed by atoms with Crippen molar-refractivity contribution in [3.8, 4) is 0 Å². The maximum absolute atomic E-state index is 12.1. The fourth-order valence-corrected chi connectivity index (χ4v) is 2.76. The molecule has 1 aromatic heterocycles. The summed E-state index contributed by atoms with van der Waals surface area (Å²) in [6.45, 7) is 2.05. The minimum absolute atomic E-state index is 0.145.